The van der Waals surface area contributed by atoms with Crippen LogP contribution in [0.25, 0.3) is 5.95 Å². The van der Waals surface area contributed by atoms with E-state index in [-0.39, 0.29) is 18.1 Å². The van der Waals surface area contributed by atoms with E-state index in [2.05, 4.69) is 15.1 Å². The molecular weight excluding hydrogens is 330 g/mol. The van der Waals surface area contributed by atoms with E-state index in [0.717, 1.165) is 28.3 Å². The molecule has 1 fully saturated rings. The molecule has 7 nitrogen and oxygen atoms in total. The largest absolute Gasteiger partial charge is 0.375 e. The maximum atomic E-state index is 12.9. The summed E-state index contributed by atoms with van der Waals surface area (Å²) in [6.45, 7) is 13.0. The number of amides is 1. The summed E-state index contributed by atoms with van der Waals surface area (Å²) in [5, 5.41) is 4.59. The van der Waals surface area contributed by atoms with Crippen molar-refractivity contribution in [1.82, 2.24) is 24.6 Å². The van der Waals surface area contributed by atoms with E-state index < -0.39 is 0 Å². The van der Waals surface area contributed by atoms with E-state index in [9.17, 15) is 4.79 Å². The lowest BCUT2D eigenvalue weighted by molar-refractivity contribution is -0.142. The van der Waals surface area contributed by atoms with Gasteiger partial charge in [0, 0.05) is 29.2 Å². The maximum absolute atomic E-state index is 12.9. The molecule has 3 heterocycles. The molecule has 1 aliphatic rings. The van der Waals surface area contributed by atoms with E-state index in [1.165, 1.54) is 0 Å². The van der Waals surface area contributed by atoms with Gasteiger partial charge in [0.05, 0.1) is 30.9 Å². The van der Waals surface area contributed by atoms with Gasteiger partial charge < -0.3 is 9.64 Å². The first kappa shape index (κ1) is 18.5. The van der Waals surface area contributed by atoms with E-state index in [1.807, 2.05) is 52.5 Å². The molecule has 2 aromatic heterocycles. The van der Waals surface area contributed by atoms with Gasteiger partial charge in [-0.1, -0.05) is 0 Å². The Morgan fingerprint density at radius 2 is 1.85 bits per heavy atom. The second-order valence-electron chi connectivity index (χ2n) is 7.23. The molecule has 2 aromatic rings. The van der Waals surface area contributed by atoms with E-state index in [0.29, 0.717) is 25.5 Å². The molecule has 0 saturated carbocycles. The topological polar surface area (TPSA) is 73.1 Å². The monoisotopic (exact) mass is 357 g/mol. The van der Waals surface area contributed by atoms with Crippen LogP contribution in [0.15, 0.2) is 6.07 Å². The molecule has 1 aliphatic heterocycles. The van der Waals surface area contributed by atoms with Crippen molar-refractivity contribution in [3.8, 4) is 5.95 Å². The summed E-state index contributed by atoms with van der Waals surface area (Å²) in [5.74, 6) is 0.662. The van der Waals surface area contributed by atoms with Crippen molar-refractivity contribution in [3.05, 3.63) is 34.4 Å². The van der Waals surface area contributed by atoms with Gasteiger partial charge in [-0.15, -0.1) is 0 Å². The van der Waals surface area contributed by atoms with Crippen molar-refractivity contribution in [2.45, 2.75) is 60.1 Å². The highest BCUT2D eigenvalue weighted by Crippen LogP contribution is 2.20. The molecule has 26 heavy (non-hydrogen) atoms. The SMILES string of the molecule is Cc1cc(C)nc(-n2nc(C)c(CC(=O)N3CC(C)OCC3C)c2C)n1. The van der Waals surface area contributed by atoms with Crippen LogP contribution < -0.4 is 0 Å². The minimum atomic E-state index is 0.0729. The van der Waals surface area contributed by atoms with Gasteiger partial charge in [-0.25, -0.2) is 14.6 Å². The molecule has 2 atom stereocenters. The third-order valence-corrected chi connectivity index (χ3v) is 4.86. The van der Waals surface area contributed by atoms with Crippen LogP contribution >= 0.6 is 0 Å². The summed E-state index contributed by atoms with van der Waals surface area (Å²) in [4.78, 5) is 23.8. The average Bonchev–Trinajstić information content (AvgIpc) is 2.84. The van der Waals surface area contributed by atoms with Gasteiger partial charge in [-0.2, -0.15) is 5.10 Å². The molecule has 1 saturated heterocycles. The van der Waals surface area contributed by atoms with E-state index >= 15 is 0 Å². The second-order valence-corrected chi connectivity index (χ2v) is 7.23. The van der Waals surface area contributed by atoms with Crippen molar-refractivity contribution in [2.24, 2.45) is 0 Å². The number of nitrogens with zero attached hydrogens (tertiary/aromatic N) is 5. The minimum absolute atomic E-state index is 0.0729. The van der Waals surface area contributed by atoms with Crippen molar-refractivity contribution < 1.29 is 9.53 Å². The van der Waals surface area contributed by atoms with Gasteiger partial charge in [0.15, 0.2) is 0 Å². The Hall–Kier alpha value is -2.28. The van der Waals surface area contributed by atoms with Crippen LogP contribution in [0.4, 0.5) is 0 Å². The number of hydrogen-bond acceptors (Lipinski definition) is 5. The number of carbonyl (C=O) groups is 1. The third-order valence-electron chi connectivity index (χ3n) is 4.86. The number of carbonyl (C=O) groups excluding carboxylic acids is 1. The summed E-state index contributed by atoms with van der Waals surface area (Å²) in [5.41, 5.74) is 4.49. The molecular formula is C19H27N5O2. The van der Waals surface area contributed by atoms with Crippen LogP contribution in [0.5, 0.6) is 0 Å². The van der Waals surface area contributed by atoms with Gasteiger partial charge in [-0.3, -0.25) is 4.79 Å². The first-order chi connectivity index (χ1) is 12.3. The Bertz CT molecular complexity index is 809. The molecule has 3 rings (SSSR count). The number of morpholine rings is 1. The van der Waals surface area contributed by atoms with Gasteiger partial charge in [-0.05, 0) is 47.6 Å². The predicted octanol–water partition coefficient (Wildman–Crippen LogP) is 2.07. The smallest absolute Gasteiger partial charge is 0.251 e. The van der Waals surface area contributed by atoms with Crippen molar-refractivity contribution >= 4 is 5.91 Å². The third kappa shape index (κ3) is 3.62. The zero-order valence-electron chi connectivity index (χ0n) is 16.4. The number of aryl methyl sites for hydroxylation is 3. The molecule has 140 valence electrons. The molecule has 0 bridgehead atoms. The lowest BCUT2D eigenvalue weighted by Gasteiger charge is -2.37. The lowest BCUT2D eigenvalue weighted by atomic mass is 10.1. The molecule has 2 unspecified atom stereocenters. The number of rotatable bonds is 3. The highest BCUT2D eigenvalue weighted by atomic mass is 16.5. The van der Waals surface area contributed by atoms with Crippen molar-refractivity contribution in [1.29, 1.82) is 0 Å². The predicted molar refractivity (Wildman–Crippen MR) is 98.4 cm³/mol. The Morgan fingerprint density at radius 3 is 2.50 bits per heavy atom. The fourth-order valence-corrected chi connectivity index (χ4v) is 3.43. The summed E-state index contributed by atoms with van der Waals surface area (Å²) in [6.07, 6.45) is 0.406. The molecule has 7 heteroatoms. The number of aromatic nitrogens is 4. The summed E-state index contributed by atoms with van der Waals surface area (Å²) in [7, 11) is 0. The van der Waals surface area contributed by atoms with Crippen LogP contribution in [-0.2, 0) is 16.0 Å². The van der Waals surface area contributed by atoms with Gasteiger partial charge in [0.2, 0.25) is 5.91 Å². The van der Waals surface area contributed by atoms with Crippen LogP contribution in [-0.4, -0.2) is 55.9 Å². The minimum Gasteiger partial charge on any atom is -0.375 e. The molecule has 0 aromatic carbocycles. The average molecular weight is 357 g/mol. The first-order valence-corrected chi connectivity index (χ1v) is 9.05. The zero-order chi connectivity index (χ0) is 19.0. The summed E-state index contributed by atoms with van der Waals surface area (Å²) >= 11 is 0. The standard InChI is InChI=1S/C19H27N5O2/c1-11-7-12(2)21-19(20-11)24-16(6)17(15(5)22-24)8-18(25)23-9-14(4)26-10-13(23)3/h7,13-14H,8-10H2,1-6H3. The fourth-order valence-electron chi connectivity index (χ4n) is 3.43. The number of ether oxygens (including phenoxy) is 1. The van der Waals surface area contributed by atoms with Crippen molar-refractivity contribution in [2.75, 3.05) is 13.2 Å². The second kappa shape index (κ2) is 7.15. The first-order valence-electron chi connectivity index (χ1n) is 9.05. The summed E-state index contributed by atoms with van der Waals surface area (Å²) in [6, 6.07) is 2.03. The van der Waals surface area contributed by atoms with Gasteiger partial charge in [0.25, 0.3) is 5.95 Å². The van der Waals surface area contributed by atoms with Crippen LogP contribution in [0.1, 0.15) is 42.2 Å². The highest BCUT2D eigenvalue weighted by molar-refractivity contribution is 5.79. The fraction of sp³-hybridized carbons (Fsp3) is 0.579. The van der Waals surface area contributed by atoms with Crippen molar-refractivity contribution in [3.63, 3.8) is 0 Å². The van der Waals surface area contributed by atoms with Crippen LogP contribution in [0, 0.1) is 27.7 Å². The van der Waals surface area contributed by atoms with Crippen LogP contribution in [0.2, 0.25) is 0 Å². The summed E-state index contributed by atoms with van der Waals surface area (Å²) < 4.78 is 7.36. The Kier molecular flexibility index (Phi) is 5.09. The Labute approximate surface area is 154 Å². The molecule has 0 aliphatic carbocycles. The quantitative estimate of drug-likeness (QED) is 0.841. The molecule has 0 spiro atoms. The van der Waals surface area contributed by atoms with Gasteiger partial charge >= 0.3 is 0 Å². The Morgan fingerprint density at radius 1 is 1.19 bits per heavy atom. The highest BCUT2D eigenvalue weighted by Gasteiger charge is 2.29. The zero-order valence-corrected chi connectivity index (χ0v) is 16.4. The van der Waals surface area contributed by atoms with E-state index in [1.54, 1.807) is 4.68 Å². The molecule has 1 amide bonds. The van der Waals surface area contributed by atoms with E-state index in [4.69, 9.17) is 4.74 Å². The van der Waals surface area contributed by atoms with Gasteiger partial charge in [0.1, 0.15) is 0 Å². The Balaban J connectivity index is 1.87. The lowest BCUT2D eigenvalue weighted by Crippen LogP contribution is -2.50. The molecule has 0 N–H and O–H groups in total. The van der Waals surface area contributed by atoms with Crippen LogP contribution in [0.3, 0.4) is 0 Å². The maximum Gasteiger partial charge on any atom is 0.251 e. The normalized spacial score (nSPS) is 20.5. The molecule has 0 radical (unpaired) electrons. The number of hydrogen-bond donors (Lipinski definition) is 0.